The molecule has 2 aliphatic heterocycles. The molecule has 2 aliphatic rings. The molecule has 140 valence electrons. The van der Waals surface area contributed by atoms with Crippen molar-refractivity contribution in [1.29, 1.82) is 0 Å². The number of amides is 1. The fourth-order valence-electron chi connectivity index (χ4n) is 3.58. The summed E-state index contributed by atoms with van der Waals surface area (Å²) >= 11 is 0. The monoisotopic (exact) mass is 366 g/mol. The summed E-state index contributed by atoms with van der Waals surface area (Å²) in [4.78, 5) is 28.5. The van der Waals surface area contributed by atoms with E-state index < -0.39 is 11.7 Å². The zero-order chi connectivity index (χ0) is 19.1. The number of fused-ring (bicyclic) bond motifs is 2. The third kappa shape index (κ3) is 3.17. The molecule has 0 radical (unpaired) electrons. The van der Waals surface area contributed by atoms with Crippen molar-refractivity contribution in [1.82, 2.24) is 4.90 Å². The molecule has 6 heteroatoms. The van der Waals surface area contributed by atoms with Crippen LogP contribution in [-0.2, 0) is 11.3 Å². The van der Waals surface area contributed by atoms with E-state index in [1.54, 1.807) is 12.1 Å². The highest BCUT2D eigenvalue weighted by atomic mass is 16.6. The number of carbonyl (C=O) groups is 2. The molecule has 6 nitrogen and oxygen atoms in total. The minimum atomic E-state index is -0.514. The molecule has 0 unspecified atom stereocenters. The van der Waals surface area contributed by atoms with Crippen LogP contribution in [0.3, 0.4) is 0 Å². The average Bonchev–Trinajstić information content (AvgIpc) is 2.87. The van der Waals surface area contributed by atoms with E-state index in [-0.39, 0.29) is 0 Å². The zero-order valence-electron chi connectivity index (χ0n) is 15.7. The lowest BCUT2D eigenvalue weighted by Crippen LogP contribution is -2.39. The zero-order valence-corrected chi connectivity index (χ0v) is 15.7. The predicted molar refractivity (Wildman–Crippen MR) is 101 cm³/mol. The van der Waals surface area contributed by atoms with Crippen LogP contribution in [0.25, 0.3) is 0 Å². The van der Waals surface area contributed by atoms with Crippen LogP contribution in [0, 0.1) is 13.8 Å². The van der Waals surface area contributed by atoms with Crippen molar-refractivity contribution in [2.24, 2.45) is 0 Å². The second-order valence-electron chi connectivity index (χ2n) is 7.16. The summed E-state index contributed by atoms with van der Waals surface area (Å²) in [5.74, 6) is 0.0814. The summed E-state index contributed by atoms with van der Waals surface area (Å²) in [5, 5.41) is 0. The number of hydrogen-bond acceptors (Lipinski definition) is 5. The standard InChI is InChI=1S/C21H22N2O4/c1-13-4-5-15(14(2)8-13)11-22(3)12-23-17-10-19-18(26-6-7-27-19)9-16(17)20(24)21(23)25/h4-5,8-10H,6-7,11-12H2,1-3H3. The topological polar surface area (TPSA) is 59.1 Å². The van der Waals surface area contributed by atoms with Crippen LogP contribution in [0.2, 0.25) is 0 Å². The van der Waals surface area contributed by atoms with Gasteiger partial charge in [0.1, 0.15) is 13.2 Å². The maximum absolute atomic E-state index is 12.5. The molecular weight excluding hydrogens is 344 g/mol. The smallest absolute Gasteiger partial charge is 0.300 e. The van der Waals surface area contributed by atoms with Gasteiger partial charge in [-0.15, -0.1) is 0 Å². The first kappa shape index (κ1) is 17.5. The summed E-state index contributed by atoms with van der Waals surface area (Å²) in [5.41, 5.74) is 4.60. The number of anilines is 1. The third-order valence-corrected chi connectivity index (χ3v) is 4.96. The maximum atomic E-state index is 12.5. The van der Waals surface area contributed by atoms with Crippen LogP contribution in [0.15, 0.2) is 30.3 Å². The van der Waals surface area contributed by atoms with Crippen LogP contribution in [-0.4, -0.2) is 43.5 Å². The molecule has 2 aromatic carbocycles. The Kier molecular flexibility index (Phi) is 4.36. The molecule has 0 aromatic heterocycles. The number of benzene rings is 2. The van der Waals surface area contributed by atoms with Gasteiger partial charge in [0.2, 0.25) is 0 Å². The van der Waals surface area contributed by atoms with Gasteiger partial charge >= 0.3 is 5.91 Å². The largest absolute Gasteiger partial charge is 0.486 e. The van der Waals surface area contributed by atoms with E-state index in [2.05, 4.69) is 32.0 Å². The first-order chi connectivity index (χ1) is 12.9. The second-order valence-corrected chi connectivity index (χ2v) is 7.16. The first-order valence-electron chi connectivity index (χ1n) is 8.98. The van der Waals surface area contributed by atoms with Crippen molar-refractivity contribution in [2.75, 3.05) is 31.8 Å². The Morgan fingerprint density at radius 1 is 1.04 bits per heavy atom. The second kappa shape index (κ2) is 6.70. The maximum Gasteiger partial charge on any atom is 0.300 e. The highest BCUT2D eigenvalue weighted by molar-refractivity contribution is 6.52. The van der Waals surface area contributed by atoms with Gasteiger partial charge in [-0.1, -0.05) is 23.8 Å². The summed E-state index contributed by atoms with van der Waals surface area (Å²) < 4.78 is 11.1. The molecule has 0 spiro atoms. The molecule has 0 bridgehead atoms. The number of hydrogen-bond donors (Lipinski definition) is 0. The molecule has 0 saturated carbocycles. The number of Topliss-reactive ketones (excluding diaryl/α,β-unsaturated/α-hetero) is 1. The molecule has 0 atom stereocenters. The number of carbonyl (C=O) groups excluding carboxylic acids is 2. The van der Waals surface area contributed by atoms with Crippen LogP contribution in [0.4, 0.5) is 5.69 Å². The molecule has 0 saturated heterocycles. The van der Waals surface area contributed by atoms with Crippen LogP contribution in [0.5, 0.6) is 11.5 Å². The lowest BCUT2D eigenvalue weighted by Gasteiger charge is -2.26. The molecular formula is C21H22N2O4. The number of ketones is 1. The highest BCUT2D eigenvalue weighted by Gasteiger charge is 2.38. The predicted octanol–water partition coefficient (Wildman–Crippen LogP) is 2.69. The minimum absolute atomic E-state index is 0.324. The van der Waals surface area contributed by atoms with E-state index >= 15 is 0 Å². The molecule has 0 fully saturated rings. The van der Waals surface area contributed by atoms with Gasteiger partial charge in [0, 0.05) is 12.6 Å². The van der Waals surface area contributed by atoms with Gasteiger partial charge in [-0.3, -0.25) is 19.4 Å². The van der Waals surface area contributed by atoms with E-state index in [0.29, 0.717) is 49.2 Å². The van der Waals surface area contributed by atoms with Crippen molar-refractivity contribution in [3.05, 3.63) is 52.6 Å². The van der Waals surface area contributed by atoms with E-state index in [1.807, 2.05) is 11.9 Å². The Hall–Kier alpha value is -2.86. The fourth-order valence-corrected chi connectivity index (χ4v) is 3.58. The van der Waals surface area contributed by atoms with Gasteiger partial charge in [0.15, 0.2) is 11.5 Å². The van der Waals surface area contributed by atoms with Gasteiger partial charge in [0.05, 0.1) is 17.9 Å². The molecule has 2 aromatic rings. The molecule has 0 aliphatic carbocycles. The lowest BCUT2D eigenvalue weighted by molar-refractivity contribution is -0.114. The normalized spacial score (nSPS) is 15.5. The van der Waals surface area contributed by atoms with Crippen LogP contribution < -0.4 is 14.4 Å². The van der Waals surface area contributed by atoms with Gasteiger partial charge in [0.25, 0.3) is 5.78 Å². The minimum Gasteiger partial charge on any atom is -0.486 e. The van der Waals surface area contributed by atoms with E-state index in [9.17, 15) is 9.59 Å². The van der Waals surface area contributed by atoms with Gasteiger partial charge in [-0.05, 0) is 38.1 Å². The number of nitrogens with zero attached hydrogens (tertiary/aromatic N) is 2. The van der Waals surface area contributed by atoms with Gasteiger partial charge in [-0.2, -0.15) is 0 Å². The lowest BCUT2D eigenvalue weighted by atomic mass is 10.1. The van der Waals surface area contributed by atoms with Crippen molar-refractivity contribution < 1.29 is 19.1 Å². The Bertz CT molecular complexity index is 938. The van der Waals surface area contributed by atoms with Gasteiger partial charge in [-0.25, -0.2) is 0 Å². The molecule has 4 rings (SSSR count). The highest BCUT2D eigenvalue weighted by Crippen LogP contribution is 2.40. The number of rotatable bonds is 4. The van der Waals surface area contributed by atoms with Crippen molar-refractivity contribution >= 4 is 17.4 Å². The van der Waals surface area contributed by atoms with Crippen molar-refractivity contribution in [2.45, 2.75) is 20.4 Å². The van der Waals surface area contributed by atoms with Crippen LogP contribution in [0.1, 0.15) is 27.0 Å². The molecule has 1 amide bonds. The summed E-state index contributed by atoms with van der Waals surface area (Å²) in [6.45, 7) is 6.06. The Labute approximate surface area is 158 Å². The molecule has 0 N–H and O–H groups in total. The summed E-state index contributed by atoms with van der Waals surface area (Å²) in [7, 11) is 1.94. The third-order valence-electron chi connectivity index (χ3n) is 4.96. The number of ether oxygens (including phenoxy) is 2. The average molecular weight is 366 g/mol. The van der Waals surface area contributed by atoms with Gasteiger partial charge < -0.3 is 9.47 Å². The quantitative estimate of drug-likeness (QED) is 0.779. The Morgan fingerprint density at radius 2 is 1.74 bits per heavy atom. The SMILES string of the molecule is Cc1ccc(CN(C)CN2C(=O)C(=O)c3cc4c(cc32)OCCO4)c(C)c1. The first-order valence-corrected chi connectivity index (χ1v) is 8.98. The Morgan fingerprint density at radius 3 is 2.44 bits per heavy atom. The van der Waals surface area contributed by atoms with E-state index in [0.717, 1.165) is 0 Å². The van der Waals surface area contributed by atoms with E-state index in [4.69, 9.17) is 9.47 Å². The summed E-state index contributed by atoms with van der Waals surface area (Å²) in [6.07, 6.45) is 0. The number of aryl methyl sites for hydroxylation is 2. The van der Waals surface area contributed by atoms with Crippen LogP contribution >= 0.6 is 0 Å². The molecule has 27 heavy (non-hydrogen) atoms. The fraction of sp³-hybridized carbons (Fsp3) is 0.333. The Balaban J connectivity index is 1.57. The summed E-state index contributed by atoms with van der Waals surface area (Å²) in [6, 6.07) is 9.69. The van der Waals surface area contributed by atoms with E-state index in [1.165, 1.54) is 21.6 Å². The van der Waals surface area contributed by atoms with Crippen molar-refractivity contribution in [3.8, 4) is 11.5 Å². The molecule has 2 heterocycles. The van der Waals surface area contributed by atoms with Crippen molar-refractivity contribution in [3.63, 3.8) is 0 Å².